The molecule has 1 heteroatoms. The van der Waals surface area contributed by atoms with Crippen LogP contribution in [0, 0.1) is 5.41 Å². The first-order valence-electron chi connectivity index (χ1n) is 6.23. The molecule has 0 aromatic carbocycles. The molecular formula is C13H29N. The van der Waals surface area contributed by atoms with Gasteiger partial charge in [0, 0.05) is 6.04 Å². The Balaban J connectivity index is 3.60. The molecule has 1 atom stereocenters. The monoisotopic (exact) mass is 199 g/mol. The molecule has 1 nitrogen and oxygen atoms in total. The topological polar surface area (TPSA) is 12.0 Å². The van der Waals surface area contributed by atoms with Gasteiger partial charge in [-0.3, -0.25) is 0 Å². The normalized spacial score (nSPS) is 14.4. The van der Waals surface area contributed by atoms with Gasteiger partial charge >= 0.3 is 0 Å². The third-order valence-electron chi connectivity index (χ3n) is 2.61. The van der Waals surface area contributed by atoms with Crippen molar-refractivity contribution in [2.24, 2.45) is 5.41 Å². The molecule has 0 aromatic rings. The van der Waals surface area contributed by atoms with Crippen LogP contribution in [0.4, 0.5) is 0 Å². The highest BCUT2D eigenvalue weighted by atomic mass is 14.9. The average molecular weight is 199 g/mol. The molecule has 0 aliphatic heterocycles. The summed E-state index contributed by atoms with van der Waals surface area (Å²) in [6.07, 6.45) is 6.68. The summed E-state index contributed by atoms with van der Waals surface area (Å²) in [5.41, 5.74) is 0.503. The van der Waals surface area contributed by atoms with E-state index in [0.29, 0.717) is 5.41 Å². The van der Waals surface area contributed by atoms with Crippen LogP contribution in [-0.2, 0) is 0 Å². The first-order valence-corrected chi connectivity index (χ1v) is 6.23. The molecular weight excluding hydrogens is 170 g/mol. The van der Waals surface area contributed by atoms with Crippen molar-refractivity contribution in [3.63, 3.8) is 0 Å². The molecule has 0 amide bonds. The zero-order chi connectivity index (χ0) is 11.0. The Morgan fingerprint density at radius 2 is 1.71 bits per heavy atom. The van der Waals surface area contributed by atoms with Crippen LogP contribution in [0.5, 0.6) is 0 Å². The van der Waals surface area contributed by atoms with E-state index in [-0.39, 0.29) is 0 Å². The maximum Gasteiger partial charge on any atom is 0.00668 e. The first-order chi connectivity index (χ1) is 6.49. The smallest absolute Gasteiger partial charge is 0.00668 e. The lowest BCUT2D eigenvalue weighted by Crippen LogP contribution is -2.28. The fourth-order valence-electron chi connectivity index (χ4n) is 1.86. The highest BCUT2D eigenvalue weighted by Crippen LogP contribution is 2.22. The van der Waals surface area contributed by atoms with Crippen molar-refractivity contribution in [1.82, 2.24) is 5.32 Å². The second kappa shape index (κ2) is 7.28. The second-order valence-corrected chi connectivity index (χ2v) is 5.50. The number of hydrogen-bond donors (Lipinski definition) is 1. The van der Waals surface area contributed by atoms with Gasteiger partial charge < -0.3 is 5.32 Å². The predicted octanol–water partition coefficient (Wildman–Crippen LogP) is 3.98. The summed E-state index contributed by atoms with van der Waals surface area (Å²) in [6, 6.07) is 0.757. The minimum Gasteiger partial charge on any atom is -0.314 e. The van der Waals surface area contributed by atoms with Crippen LogP contribution < -0.4 is 5.32 Å². The summed E-state index contributed by atoms with van der Waals surface area (Å²) >= 11 is 0. The van der Waals surface area contributed by atoms with E-state index in [2.05, 4.69) is 39.9 Å². The highest BCUT2D eigenvalue weighted by Gasteiger charge is 2.11. The summed E-state index contributed by atoms with van der Waals surface area (Å²) in [5, 5.41) is 3.57. The summed E-state index contributed by atoms with van der Waals surface area (Å²) in [6.45, 7) is 12.6. The van der Waals surface area contributed by atoms with Gasteiger partial charge in [0.15, 0.2) is 0 Å². The fourth-order valence-corrected chi connectivity index (χ4v) is 1.86. The molecule has 0 aliphatic rings. The number of hydrogen-bond acceptors (Lipinski definition) is 1. The zero-order valence-electron chi connectivity index (χ0n) is 10.8. The van der Waals surface area contributed by atoms with Gasteiger partial charge in [-0.15, -0.1) is 0 Å². The molecule has 0 rings (SSSR count). The van der Waals surface area contributed by atoms with Gasteiger partial charge in [0.25, 0.3) is 0 Å². The van der Waals surface area contributed by atoms with Gasteiger partial charge in [-0.2, -0.15) is 0 Å². The van der Waals surface area contributed by atoms with E-state index in [1.807, 2.05) is 0 Å². The van der Waals surface area contributed by atoms with E-state index in [0.717, 1.165) is 12.6 Å². The quantitative estimate of drug-likeness (QED) is 0.654. The summed E-state index contributed by atoms with van der Waals surface area (Å²) in [4.78, 5) is 0. The van der Waals surface area contributed by atoms with Gasteiger partial charge in [0.1, 0.15) is 0 Å². The van der Waals surface area contributed by atoms with Crippen molar-refractivity contribution in [2.75, 3.05) is 6.54 Å². The summed E-state index contributed by atoms with van der Waals surface area (Å²) in [5.74, 6) is 0. The minimum atomic E-state index is 0.503. The lowest BCUT2D eigenvalue weighted by atomic mass is 9.88. The lowest BCUT2D eigenvalue weighted by molar-refractivity contribution is 0.338. The van der Waals surface area contributed by atoms with Crippen LogP contribution in [-0.4, -0.2) is 12.6 Å². The van der Waals surface area contributed by atoms with E-state index >= 15 is 0 Å². The van der Waals surface area contributed by atoms with Crippen LogP contribution in [0.1, 0.15) is 66.7 Å². The number of nitrogens with one attached hydrogen (secondary N) is 1. The Morgan fingerprint density at radius 1 is 1.07 bits per heavy atom. The molecule has 86 valence electrons. The lowest BCUT2D eigenvalue weighted by Gasteiger charge is -2.21. The Kier molecular flexibility index (Phi) is 7.26. The van der Waals surface area contributed by atoms with E-state index < -0.39 is 0 Å². The van der Waals surface area contributed by atoms with E-state index in [1.54, 1.807) is 0 Å². The maximum absolute atomic E-state index is 3.57. The van der Waals surface area contributed by atoms with Crippen LogP contribution in [0.25, 0.3) is 0 Å². The Morgan fingerprint density at radius 3 is 2.14 bits per heavy atom. The predicted molar refractivity (Wildman–Crippen MR) is 65.7 cm³/mol. The molecule has 1 unspecified atom stereocenters. The van der Waals surface area contributed by atoms with Crippen molar-refractivity contribution in [1.29, 1.82) is 0 Å². The zero-order valence-corrected chi connectivity index (χ0v) is 10.8. The van der Waals surface area contributed by atoms with Crippen LogP contribution >= 0.6 is 0 Å². The van der Waals surface area contributed by atoms with Crippen molar-refractivity contribution in [3.8, 4) is 0 Å². The standard InChI is InChI=1S/C13H29N/c1-6-9-12(14-7-2)10-8-11-13(3,4)5/h12,14H,6-11H2,1-5H3. The molecule has 14 heavy (non-hydrogen) atoms. The van der Waals surface area contributed by atoms with Gasteiger partial charge in [0.05, 0.1) is 0 Å². The Labute approximate surface area is 90.7 Å². The van der Waals surface area contributed by atoms with Gasteiger partial charge in [-0.1, -0.05) is 47.5 Å². The average Bonchev–Trinajstić information content (AvgIpc) is 2.02. The van der Waals surface area contributed by atoms with Gasteiger partial charge in [-0.05, 0) is 31.2 Å². The maximum atomic E-state index is 3.57. The van der Waals surface area contributed by atoms with Crippen LogP contribution in [0.15, 0.2) is 0 Å². The van der Waals surface area contributed by atoms with Crippen molar-refractivity contribution in [2.45, 2.75) is 72.8 Å². The molecule has 0 spiro atoms. The Bertz CT molecular complexity index is 118. The largest absolute Gasteiger partial charge is 0.314 e. The number of rotatable bonds is 7. The van der Waals surface area contributed by atoms with E-state index in [9.17, 15) is 0 Å². The molecule has 0 aliphatic carbocycles. The molecule has 0 heterocycles. The second-order valence-electron chi connectivity index (χ2n) is 5.50. The van der Waals surface area contributed by atoms with Crippen LogP contribution in [0.2, 0.25) is 0 Å². The molecule has 0 saturated carbocycles. The molecule has 0 aromatic heterocycles. The fraction of sp³-hybridized carbons (Fsp3) is 1.00. The minimum absolute atomic E-state index is 0.503. The molecule has 0 fully saturated rings. The van der Waals surface area contributed by atoms with Crippen LogP contribution in [0.3, 0.4) is 0 Å². The Hall–Kier alpha value is -0.0400. The van der Waals surface area contributed by atoms with Crippen molar-refractivity contribution >= 4 is 0 Å². The van der Waals surface area contributed by atoms with Gasteiger partial charge in [-0.25, -0.2) is 0 Å². The molecule has 0 bridgehead atoms. The van der Waals surface area contributed by atoms with E-state index in [4.69, 9.17) is 0 Å². The van der Waals surface area contributed by atoms with E-state index in [1.165, 1.54) is 32.1 Å². The summed E-state index contributed by atoms with van der Waals surface area (Å²) in [7, 11) is 0. The molecule has 0 radical (unpaired) electrons. The molecule has 0 saturated heterocycles. The highest BCUT2D eigenvalue weighted by molar-refractivity contribution is 4.68. The third kappa shape index (κ3) is 8.55. The third-order valence-corrected chi connectivity index (χ3v) is 2.61. The SMILES string of the molecule is CCCC(CCCC(C)(C)C)NCC. The van der Waals surface area contributed by atoms with Crippen molar-refractivity contribution < 1.29 is 0 Å². The van der Waals surface area contributed by atoms with Crippen molar-refractivity contribution in [3.05, 3.63) is 0 Å². The van der Waals surface area contributed by atoms with Gasteiger partial charge in [0.2, 0.25) is 0 Å². The summed E-state index contributed by atoms with van der Waals surface area (Å²) < 4.78 is 0. The first kappa shape index (κ1) is 14.0. The molecule has 1 N–H and O–H groups in total.